The van der Waals surface area contributed by atoms with Crippen molar-refractivity contribution in [2.24, 2.45) is 5.92 Å². The van der Waals surface area contributed by atoms with Crippen molar-refractivity contribution in [3.05, 3.63) is 28.2 Å². The van der Waals surface area contributed by atoms with Crippen molar-refractivity contribution in [2.75, 3.05) is 26.7 Å². The lowest BCUT2D eigenvalue weighted by Gasteiger charge is -2.33. The molecule has 1 aromatic carbocycles. The van der Waals surface area contributed by atoms with Gasteiger partial charge >= 0.3 is 0 Å². The Morgan fingerprint density at radius 1 is 1.39 bits per heavy atom. The van der Waals surface area contributed by atoms with Crippen LogP contribution in [0.2, 0.25) is 10.0 Å². The maximum absolute atomic E-state index is 12.6. The summed E-state index contributed by atoms with van der Waals surface area (Å²) in [6.45, 7) is 4.66. The first-order chi connectivity index (χ1) is 10.5. The average Bonchev–Trinajstić information content (AvgIpc) is 2.51. The SMILES string of the molecule is CNCC1CCN(C(=O)C(C)Sc2cc(Cl)ccc2Cl)CC1.Cl. The standard InChI is InChI=1S/C16H22Cl2N2OS.ClH/c1-11(22-15-9-13(17)3-4-14(15)18)16(21)20-7-5-12(6-8-20)10-19-2;/h3-4,9,11-12,19H,5-8,10H2,1-2H3;1H. The van der Waals surface area contributed by atoms with E-state index in [1.54, 1.807) is 12.1 Å². The van der Waals surface area contributed by atoms with E-state index in [9.17, 15) is 4.79 Å². The molecular weight excluding hydrogens is 375 g/mol. The summed E-state index contributed by atoms with van der Waals surface area (Å²) in [4.78, 5) is 15.4. The number of nitrogens with one attached hydrogen (secondary N) is 1. The Balaban J connectivity index is 0.00000264. The number of carbonyl (C=O) groups is 1. The first-order valence-electron chi connectivity index (χ1n) is 7.56. The third-order valence-electron chi connectivity index (χ3n) is 3.96. The van der Waals surface area contributed by atoms with E-state index < -0.39 is 0 Å². The molecule has 0 radical (unpaired) electrons. The number of nitrogens with zero attached hydrogens (tertiary/aromatic N) is 1. The Hall–Kier alpha value is -0.130. The second-order valence-corrected chi connectivity index (χ2v) is 7.89. The van der Waals surface area contributed by atoms with Gasteiger partial charge < -0.3 is 10.2 Å². The minimum atomic E-state index is -0.156. The maximum Gasteiger partial charge on any atom is 0.235 e. The highest BCUT2D eigenvalue weighted by Crippen LogP contribution is 2.33. The molecule has 1 N–H and O–H groups in total. The van der Waals surface area contributed by atoms with Gasteiger partial charge in [-0.25, -0.2) is 0 Å². The fourth-order valence-corrected chi connectivity index (χ4v) is 4.21. The maximum atomic E-state index is 12.6. The Bertz CT molecular complexity index is 522. The molecule has 3 nitrogen and oxygen atoms in total. The minimum Gasteiger partial charge on any atom is -0.342 e. The van der Waals surface area contributed by atoms with Gasteiger partial charge in [-0.05, 0) is 57.5 Å². The van der Waals surface area contributed by atoms with Crippen LogP contribution in [0.4, 0.5) is 0 Å². The Morgan fingerprint density at radius 3 is 2.65 bits per heavy atom. The molecule has 1 unspecified atom stereocenters. The second-order valence-electron chi connectivity index (χ2n) is 5.66. The summed E-state index contributed by atoms with van der Waals surface area (Å²) in [5.74, 6) is 0.864. The molecule has 1 aromatic rings. The number of piperidine rings is 1. The number of rotatable bonds is 5. The lowest BCUT2D eigenvalue weighted by atomic mass is 9.97. The molecule has 1 saturated heterocycles. The molecule has 7 heteroatoms. The minimum absolute atomic E-state index is 0. The van der Waals surface area contributed by atoms with Crippen LogP contribution in [-0.2, 0) is 4.79 Å². The highest BCUT2D eigenvalue weighted by atomic mass is 35.5. The first-order valence-corrected chi connectivity index (χ1v) is 9.20. The lowest BCUT2D eigenvalue weighted by Crippen LogP contribution is -2.43. The molecule has 1 aliphatic rings. The zero-order valence-corrected chi connectivity index (χ0v) is 16.5. The normalized spacial score (nSPS) is 16.8. The summed E-state index contributed by atoms with van der Waals surface area (Å²) < 4.78 is 0. The summed E-state index contributed by atoms with van der Waals surface area (Å²) in [7, 11) is 1.98. The van der Waals surface area contributed by atoms with Crippen molar-refractivity contribution >= 4 is 53.3 Å². The summed E-state index contributed by atoms with van der Waals surface area (Å²) >= 11 is 13.7. The van der Waals surface area contributed by atoms with E-state index in [0.717, 1.165) is 37.4 Å². The molecule has 1 amide bonds. The van der Waals surface area contributed by atoms with Crippen molar-refractivity contribution in [3.8, 4) is 0 Å². The Labute approximate surface area is 158 Å². The topological polar surface area (TPSA) is 32.3 Å². The number of thioether (sulfide) groups is 1. The van der Waals surface area contributed by atoms with Gasteiger partial charge in [0, 0.05) is 23.0 Å². The summed E-state index contributed by atoms with van der Waals surface area (Å²) in [6.07, 6.45) is 2.14. The average molecular weight is 398 g/mol. The Morgan fingerprint density at radius 2 is 2.04 bits per heavy atom. The van der Waals surface area contributed by atoms with Crippen LogP contribution in [0.3, 0.4) is 0 Å². The zero-order valence-electron chi connectivity index (χ0n) is 13.4. The van der Waals surface area contributed by atoms with Gasteiger partial charge in [0.1, 0.15) is 0 Å². The largest absolute Gasteiger partial charge is 0.342 e. The summed E-state index contributed by atoms with van der Waals surface area (Å²) in [6, 6.07) is 5.34. The van der Waals surface area contributed by atoms with Crippen LogP contribution >= 0.6 is 47.4 Å². The van der Waals surface area contributed by atoms with Crippen molar-refractivity contribution in [1.29, 1.82) is 0 Å². The molecule has 1 fully saturated rings. The molecule has 1 heterocycles. The van der Waals surface area contributed by atoms with E-state index in [1.807, 2.05) is 24.9 Å². The predicted octanol–water partition coefficient (Wildman–Crippen LogP) is 4.35. The molecule has 2 rings (SSSR count). The van der Waals surface area contributed by atoms with Crippen LogP contribution in [0.5, 0.6) is 0 Å². The monoisotopic (exact) mass is 396 g/mol. The molecular formula is C16H23Cl3N2OS. The van der Waals surface area contributed by atoms with Gasteiger partial charge in [-0.3, -0.25) is 4.79 Å². The van der Waals surface area contributed by atoms with Crippen LogP contribution in [-0.4, -0.2) is 42.7 Å². The van der Waals surface area contributed by atoms with Gasteiger partial charge in [-0.15, -0.1) is 24.2 Å². The van der Waals surface area contributed by atoms with Crippen molar-refractivity contribution < 1.29 is 4.79 Å². The van der Waals surface area contributed by atoms with Gasteiger partial charge in [-0.2, -0.15) is 0 Å². The molecule has 1 atom stereocenters. The van der Waals surface area contributed by atoms with Gasteiger partial charge in [0.25, 0.3) is 0 Å². The smallest absolute Gasteiger partial charge is 0.235 e. The molecule has 0 aliphatic carbocycles. The van der Waals surface area contributed by atoms with E-state index >= 15 is 0 Å². The van der Waals surface area contributed by atoms with E-state index in [4.69, 9.17) is 23.2 Å². The van der Waals surface area contributed by atoms with Crippen molar-refractivity contribution in [3.63, 3.8) is 0 Å². The predicted molar refractivity (Wildman–Crippen MR) is 102 cm³/mol. The van der Waals surface area contributed by atoms with Crippen LogP contribution in [0.15, 0.2) is 23.1 Å². The number of benzene rings is 1. The summed E-state index contributed by atoms with van der Waals surface area (Å²) in [5.41, 5.74) is 0. The third-order valence-corrected chi connectivity index (χ3v) is 5.79. The van der Waals surface area contributed by atoms with Crippen LogP contribution in [0, 0.1) is 5.92 Å². The van der Waals surface area contributed by atoms with Gasteiger partial charge in [0.2, 0.25) is 5.91 Å². The number of likely N-dealkylation sites (tertiary alicyclic amines) is 1. The highest BCUT2D eigenvalue weighted by molar-refractivity contribution is 8.00. The molecule has 0 spiro atoms. The quantitative estimate of drug-likeness (QED) is 0.749. The van der Waals surface area contributed by atoms with Crippen molar-refractivity contribution in [2.45, 2.75) is 29.9 Å². The first kappa shape index (κ1) is 20.9. The van der Waals surface area contributed by atoms with Gasteiger partial charge in [0.05, 0.1) is 10.3 Å². The fourth-order valence-electron chi connectivity index (χ4n) is 2.71. The number of amides is 1. The van der Waals surface area contributed by atoms with E-state index in [2.05, 4.69) is 5.32 Å². The van der Waals surface area contributed by atoms with Gasteiger partial charge in [-0.1, -0.05) is 23.2 Å². The van der Waals surface area contributed by atoms with E-state index in [1.165, 1.54) is 11.8 Å². The number of halogens is 3. The molecule has 0 aromatic heterocycles. The molecule has 130 valence electrons. The summed E-state index contributed by atoms with van der Waals surface area (Å²) in [5, 5.41) is 4.34. The molecule has 23 heavy (non-hydrogen) atoms. The molecule has 0 bridgehead atoms. The Kier molecular flexibility index (Phi) is 9.09. The van der Waals surface area contributed by atoms with Crippen molar-refractivity contribution in [1.82, 2.24) is 10.2 Å². The van der Waals surface area contributed by atoms with Gasteiger partial charge in [0.15, 0.2) is 0 Å². The second kappa shape index (κ2) is 10.00. The zero-order chi connectivity index (χ0) is 16.1. The van der Waals surface area contributed by atoms with E-state index in [-0.39, 0.29) is 23.6 Å². The van der Waals surface area contributed by atoms with Crippen LogP contribution in [0.25, 0.3) is 0 Å². The highest BCUT2D eigenvalue weighted by Gasteiger charge is 2.26. The number of carbonyl (C=O) groups excluding carboxylic acids is 1. The fraction of sp³-hybridized carbons (Fsp3) is 0.562. The number of hydrogen-bond donors (Lipinski definition) is 1. The molecule has 1 aliphatic heterocycles. The number of hydrogen-bond acceptors (Lipinski definition) is 3. The third kappa shape index (κ3) is 6.02. The van der Waals surface area contributed by atoms with Crippen LogP contribution < -0.4 is 5.32 Å². The molecule has 0 saturated carbocycles. The lowest BCUT2D eigenvalue weighted by molar-refractivity contribution is -0.131. The van der Waals surface area contributed by atoms with E-state index in [0.29, 0.717) is 16.0 Å². The van der Waals surface area contributed by atoms with Crippen LogP contribution in [0.1, 0.15) is 19.8 Å².